The topological polar surface area (TPSA) is 17.1 Å². The summed E-state index contributed by atoms with van der Waals surface area (Å²) in [6.07, 6.45) is 4.17. The summed E-state index contributed by atoms with van der Waals surface area (Å²) in [5, 5.41) is 0. The molecule has 2 atom stereocenters. The van der Waals surface area contributed by atoms with Gasteiger partial charge in [-0.1, -0.05) is 43.3 Å². The highest BCUT2D eigenvalue weighted by Crippen LogP contribution is 2.53. The molecule has 2 unspecified atom stereocenters. The lowest BCUT2D eigenvalue weighted by Gasteiger charge is -2.41. The molecule has 0 saturated carbocycles. The highest BCUT2D eigenvalue weighted by Gasteiger charge is 2.37. The summed E-state index contributed by atoms with van der Waals surface area (Å²) >= 11 is 1.89. The monoisotopic (exact) mass is 402 g/mol. The Morgan fingerprint density at radius 3 is 2.05 bits per heavy atom. The summed E-state index contributed by atoms with van der Waals surface area (Å²) in [4.78, 5) is 11.4. The molecule has 0 radical (unpaired) electrons. The summed E-state index contributed by atoms with van der Waals surface area (Å²) in [5.41, 5.74) is 8.67. The van der Waals surface area contributed by atoms with Crippen LogP contribution in [0.4, 0.5) is 0 Å². The maximum atomic E-state index is 11.4. The van der Waals surface area contributed by atoms with Crippen LogP contribution < -0.4 is 0 Å². The maximum absolute atomic E-state index is 11.4. The van der Waals surface area contributed by atoms with Gasteiger partial charge in [0, 0.05) is 18.3 Å². The van der Waals surface area contributed by atoms with E-state index in [1.165, 1.54) is 35.1 Å². The molecule has 0 N–H and O–H groups in total. The molecule has 112 valence electrons. The summed E-state index contributed by atoms with van der Waals surface area (Å²) in [6, 6.07) is 13.8. The normalized spacial score (nSPS) is 21.4. The molecule has 0 aromatic heterocycles. The number of hydrogen-bond donors (Lipinski definition) is 0. The van der Waals surface area contributed by atoms with Crippen LogP contribution in [-0.2, 0) is 17.6 Å². The third-order valence-corrected chi connectivity index (χ3v) is 5.68. The van der Waals surface area contributed by atoms with Gasteiger partial charge in [0.05, 0.1) is 0 Å². The first kappa shape index (κ1) is 14.4. The van der Waals surface area contributed by atoms with E-state index < -0.39 is 0 Å². The van der Waals surface area contributed by atoms with Crippen LogP contribution in [0.1, 0.15) is 65.0 Å². The molecule has 3 aliphatic carbocycles. The second kappa shape index (κ2) is 5.48. The van der Waals surface area contributed by atoms with Crippen LogP contribution in [0.2, 0.25) is 0 Å². The first-order valence-corrected chi connectivity index (χ1v) is 9.19. The number of halogens is 1. The Balaban J connectivity index is 1.82. The summed E-state index contributed by atoms with van der Waals surface area (Å²) in [6.45, 7) is 2.23. The molecule has 1 nitrogen and oxygen atoms in total. The fourth-order valence-electron chi connectivity index (χ4n) is 4.27. The number of fused-ring (bicyclic) bond motifs is 1. The van der Waals surface area contributed by atoms with Gasteiger partial charge in [-0.2, -0.15) is 0 Å². The van der Waals surface area contributed by atoms with Crippen LogP contribution in [0.15, 0.2) is 36.4 Å². The van der Waals surface area contributed by atoms with Crippen LogP contribution in [-0.4, -0.2) is 3.79 Å². The molecule has 2 bridgehead atoms. The second-order valence-electron chi connectivity index (χ2n) is 6.49. The average Bonchev–Trinajstić information content (AvgIpc) is 2.54. The summed E-state index contributed by atoms with van der Waals surface area (Å²) < 4.78 is 0.214. The van der Waals surface area contributed by atoms with Crippen molar-refractivity contribution in [3.05, 3.63) is 69.8 Å². The Labute approximate surface area is 145 Å². The van der Waals surface area contributed by atoms with E-state index in [-0.39, 0.29) is 3.79 Å². The molecule has 0 saturated heterocycles. The van der Waals surface area contributed by atoms with E-state index in [4.69, 9.17) is 0 Å². The zero-order chi connectivity index (χ0) is 15.3. The zero-order valence-corrected chi connectivity index (χ0v) is 14.9. The molecule has 2 aromatic rings. The van der Waals surface area contributed by atoms with Crippen molar-refractivity contribution in [2.24, 2.45) is 0 Å². The van der Waals surface area contributed by atoms with Crippen LogP contribution in [0, 0.1) is 0 Å². The van der Waals surface area contributed by atoms with E-state index in [1.54, 1.807) is 5.56 Å². The molecule has 0 aliphatic heterocycles. The molecule has 2 aromatic carbocycles. The highest BCUT2D eigenvalue weighted by molar-refractivity contribution is 14.1. The first-order valence-electron chi connectivity index (χ1n) is 8.11. The standard InChI is InChI=1S/C20H19IO/c1-2-12-3-5-14-17-8-7-16(18(14)9-12)15-6-4-13(10-19(15)17)11-20(21)22/h3-6,9-10,16-17H,2,7-8,11H2,1H3. The molecule has 5 rings (SSSR count). The van der Waals surface area contributed by atoms with Gasteiger partial charge in [0.25, 0.3) is 0 Å². The van der Waals surface area contributed by atoms with Crippen molar-refractivity contribution in [3.63, 3.8) is 0 Å². The van der Waals surface area contributed by atoms with E-state index in [9.17, 15) is 4.79 Å². The number of carbonyl (C=O) groups excluding carboxylic acids is 1. The lowest BCUT2D eigenvalue weighted by Crippen LogP contribution is -2.25. The van der Waals surface area contributed by atoms with E-state index in [2.05, 4.69) is 43.3 Å². The van der Waals surface area contributed by atoms with Gasteiger partial charge in [0.1, 0.15) is 0 Å². The molecular formula is C20H19IO. The number of benzene rings is 2. The van der Waals surface area contributed by atoms with Crippen LogP contribution in [0.5, 0.6) is 0 Å². The third-order valence-electron chi connectivity index (χ3n) is 5.30. The van der Waals surface area contributed by atoms with E-state index in [1.807, 2.05) is 22.6 Å². The summed E-state index contributed by atoms with van der Waals surface area (Å²) in [5.74, 6) is 1.09. The van der Waals surface area contributed by atoms with Crippen molar-refractivity contribution < 1.29 is 4.79 Å². The fourth-order valence-corrected chi connectivity index (χ4v) is 4.71. The third kappa shape index (κ3) is 2.23. The van der Waals surface area contributed by atoms with Crippen LogP contribution >= 0.6 is 22.6 Å². The number of rotatable bonds is 3. The smallest absolute Gasteiger partial charge is 0.196 e. The number of hydrogen-bond acceptors (Lipinski definition) is 1. The lowest BCUT2D eigenvalue weighted by atomic mass is 9.63. The Morgan fingerprint density at radius 1 is 0.955 bits per heavy atom. The lowest BCUT2D eigenvalue weighted by molar-refractivity contribution is -0.108. The highest BCUT2D eigenvalue weighted by atomic mass is 127. The number of carbonyl (C=O) groups is 1. The molecule has 0 heterocycles. The predicted octanol–water partition coefficient (Wildman–Crippen LogP) is 5.12. The minimum atomic E-state index is 0.214. The van der Waals surface area contributed by atoms with Gasteiger partial charge in [-0.15, -0.1) is 0 Å². The van der Waals surface area contributed by atoms with Gasteiger partial charge < -0.3 is 0 Å². The van der Waals surface area contributed by atoms with Crippen molar-refractivity contribution in [1.29, 1.82) is 0 Å². The minimum Gasteiger partial charge on any atom is -0.287 e. The van der Waals surface area contributed by atoms with Gasteiger partial charge >= 0.3 is 0 Å². The zero-order valence-electron chi connectivity index (χ0n) is 12.7. The van der Waals surface area contributed by atoms with Crippen molar-refractivity contribution in [3.8, 4) is 0 Å². The maximum Gasteiger partial charge on any atom is 0.196 e. The molecule has 2 heteroatoms. The van der Waals surface area contributed by atoms with Crippen LogP contribution in [0.25, 0.3) is 0 Å². The summed E-state index contributed by atoms with van der Waals surface area (Å²) in [7, 11) is 0. The Hall–Kier alpha value is -1.16. The van der Waals surface area contributed by atoms with E-state index in [0.29, 0.717) is 18.3 Å². The van der Waals surface area contributed by atoms with Gasteiger partial charge in [0.2, 0.25) is 0 Å². The molecule has 3 aliphatic rings. The molecular weight excluding hydrogens is 383 g/mol. The Bertz CT molecular complexity index is 762. The average molecular weight is 402 g/mol. The van der Waals surface area contributed by atoms with Gasteiger partial charge in [0.15, 0.2) is 3.79 Å². The predicted molar refractivity (Wildman–Crippen MR) is 97.9 cm³/mol. The fraction of sp³-hybridized carbons (Fsp3) is 0.350. The van der Waals surface area contributed by atoms with Crippen LogP contribution in [0.3, 0.4) is 0 Å². The minimum absolute atomic E-state index is 0.214. The van der Waals surface area contributed by atoms with E-state index >= 15 is 0 Å². The van der Waals surface area contributed by atoms with E-state index in [0.717, 1.165) is 12.0 Å². The van der Waals surface area contributed by atoms with Crippen molar-refractivity contribution in [2.45, 2.75) is 44.4 Å². The number of aryl methyl sites for hydroxylation is 1. The Morgan fingerprint density at radius 2 is 1.50 bits per heavy atom. The SMILES string of the molecule is CCc1ccc2c(c1)C1CCC2c2cc(CC(=O)I)ccc21. The van der Waals surface area contributed by atoms with Gasteiger partial charge in [-0.25, -0.2) is 0 Å². The molecule has 0 spiro atoms. The second-order valence-corrected chi connectivity index (χ2v) is 7.70. The van der Waals surface area contributed by atoms with Gasteiger partial charge in [-0.05, 0) is 75.2 Å². The van der Waals surface area contributed by atoms with Crippen molar-refractivity contribution >= 4 is 26.4 Å². The molecule has 0 amide bonds. The van der Waals surface area contributed by atoms with Crippen molar-refractivity contribution in [1.82, 2.24) is 0 Å². The first-order chi connectivity index (χ1) is 10.7. The largest absolute Gasteiger partial charge is 0.287 e. The Kier molecular flexibility index (Phi) is 3.60. The van der Waals surface area contributed by atoms with Gasteiger partial charge in [-0.3, -0.25) is 4.79 Å². The molecule has 22 heavy (non-hydrogen) atoms. The molecule has 0 fully saturated rings. The quantitative estimate of drug-likeness (QED) is 0.514. The van der Waals surface area contributed by atoms with Crippen molar-refractivity contribution in [2.75, 3.05) is 0 Å².